The fraction of sp³-hybridized carbons (Fsp3) is 0.0968. The van der Waals surface area contributed by atoms with E-state index >= 15 is 0 Å². The summed E-state index contributed by atoms with van der Waals surface area (Å²) >= 11 is 6.11. The maximum Gasteiger partial charge on any atom is 0.301 e. The quantitative estimate of drug-likeness (QED) is 0.0634. The van der Waals surface area contributed by atoms with Crippen molar-refractivity contribution >= 4 is 72.4 Å². The van der Waals surface area contributed by atoms with E-state index in [-0.39, 0.29) is 22.0 Å². The summed E-state index contributed by atoms with van der Waals surface area (Å²) in [6.07, 6.45) is 0. The number of ketones is 1. The molecule has 0 radical (unpaired) electrons. The Bertz CT molecular complexity index is 1890. The van der Waals surface area contributed by atoms with Gasteiger partial charge in [0.2, 0.25) is 5.13 Å². The van der Waals surface area contributed by atoms with Crippen molar-refractivity contribution in [3.05, 3.63) is 117 Å². The molecule has 210 valence electrons. The second-order valence-corrected chi connectivity index (χ2v) is 12.4. The Kier molecular flexibility index (Phi) is 7.80. The number of ether oxygens (including phenoxy) is 1. The minimum Gasteiger partial charge on any atom is -0.507 e. The van der Waals surface area contributed by atoms with E-state index in [2.05, 4.69) is 50.4 Å². The van der Waals surface area contributed by atoms with E-state index in [9.17, 15) is 19.1 Å². The molecule has 1 aliphatic heterocycles. The highest BCUT2D eigenvalue weighted by Gasteiger charge is 2.48. The molecule has 11 heteroatoms. The summed E-state index contributed by atoms with van der Waals surface area (Å²) < 4.78 is 20.8. The number of amides is 1. The highest BCUT2D eigenvalue weighted by molar-refractivity contribution is 9.10. The van der Waals surface area contributed by atoms with E-state index < -0.39 is 29.3 Å². The second-order valence-electron chi connectivity index (χ2n) is 9.35. The lowest BCUT2D eigenvalue weighted by Crippen LogP contribution is -2.29. The molecule has 2 heterocycles. The van der Waals surface area contributed by atoms with Crippen LogP contribution in [0, 0.1) is 5.82 Å². The Morgan fingerprint density at radius 3 is 2.62 bits per heavy atom. The number of carbonyl (C=O) groups is 2. The van der Waals surface area contributed by atoms with Crippen molar-refractivity contribution in [2.75, 3.05) is 12.0 Å². The molecule has 1 N–H and O–H groups in total. The molecule has 4 aromatic carbocycles. The lowest BCUT2D eigenvalue weighted by Gasteiger charge is -2.22. The van der Waals surface area contributed by atoms with E-state index in [1.54, 1.807) is 18.2 Å². The number of rotatable bonds is 7. The first-order chi connectivity index (χ1) is 20.4. The third-order valence-electron chi connectivity index (χ3n) is 6.87. The van der Waals surface area contributed by atoms with Crippen LogP contribution in [0.1, 0.15) is 22.7 Å². The van der Waals surface area contributed by atoms with Gasteiger partial charge in [-0.1, -0.05) is 93.6 Å². The molecule has 0 spiro atoms. The SMILES string of the molecule is COc1ccc(C(O)=C2C(=O)C(=O)N(c3nnc(SCc4cccc5ccccc45)s3)[C@@H]2c2cccc(Br)c2)cc1F. The number of carbonyl (C=O) groups excluding carboxylic acids is 2. The molecule has 1 aromatic heterocycles. The Balaban J connectivity index is 1.38. The normalized spacial score (nSPS) is 16.4. The van der Waals surface area contributed by atoms with Crippen LogP contribution in [0.2, 0.25) is 0 Å². The number of thioether (sulfide) groups is 1. The monoisotopic (exact) mass is 661 g/mol. The predicted octanol–water partition coefficient (Wildman–Crippen LogP) is 7.52. The summed E-state index contributed by atoms with van der Waals surface area (Å²) in [7, 11) is 1.33. The van der Waals surface area contributed by atoms with Gasteiger partial charge >= 0.3 is 5.91 Å². The molecule has 5 aromatic rings. The number of hydrogen-bond donors (Lipinski definition) is 1. The maximum absolute atomic E-state index is 14.5. The lowest BCUT2D eigenvalue weighted by atomic mass is 9.95. The molecule has 1 fully saturated rings. The van der Waals surface area contributed by atoms with Crippen molar-refractivity contribution in [2.24, 2.45) is 0 Å². The summed E-state index contributed by atoms with van der Waals surface area (Å²) in [4.78, 5) is 28.2. The molecule has 0 bridgehead atoms. The fourth-order valence-corrected chi connectivity index (χ4v) is 7.20. The van der Waals surface area contributed by atoms with Gasteiger partial charge in [-0.05, 0) is 52.2 Å². The van der Waals surface area contributed by atoms with Crippen LogP contribution >= 0.6 is 39.0 Å². The molecule has 0 aliphatic carbocycles. The van der Waals surface area contributed by atoms with E-state index in [0.717, 1.165) is 22.4 Å². The average Bonchev–Trinajstić information content (AvgIpc) is 3.57. The van der Waals surface area contributed by atoms with Crippen LogP contribution in [0.15, 0.2) is 99.3 Å². The first kappa shape index (κ1) is 28.1. The molecule has 0 saturated carbocycles. The van der Waals surface area contributed by atoms with Gasteiger partial charge in [0.1, 0.15) is 5.76 Å². The van der Waals surface area contributed by atoms with Gasteiger partial charge in [-0.3, -0.25) is 14.5 Å². The number of halogens is 2. The zero-order chi connectivity index (χ0) is 29.4. The Labute approximate surface area is 256 Å². The van der Waals surface area contributed by atoms with Crippen LogP contribution < -0.4 is 9.64 Å². The number of Topliss-reactive ketones (excluding diaryl/α,β-unsaturated/α-hetero) is 1. The number of anilines is 1. The number of fused-ring (bicyclic) bond motifs is 1. The highest BCUT2D eigenvalue weighted by atomic mass is 79.9. The third kappa shape index (κ3) is 5.19. The second kappa shape index (κ2) is 11.7. The van der Waals surface area contributed by atoms with Gasteiger partial charge in [-0.2, -0.15) is 0 Å². The van der Waals surface area contributed by atoms with Crippen LogP contribution in [0.5, 0.6) is 5.75 Å². The zero-order valence-electron chi connectivity index (χ0n) is 22.0. The molecule has 1 amide bonds. The Morgan fingerprint density at radius 2 is 1.83 bits per heavy atom. The number of methoxy groups -OCH3 is 1. The number of benzene rings is 4. The summed E-state index contributed by atoms with van der Waals surface area (Å²) in [6.45, 7) is 0. The Hall–Kier alpha value is -4.06. The van der Waals surface area contributed by atoms with Gasteiger partial charge in [0.05, 0.1) is 18.7 Å². The summed E-state index contributed by atoms with van der Waals surface area (Å²) in [5.41, 5.74) is 1.55. The van der Waals surface area contributed by atoms with Crippen LogP contribution in [-0.4, -0.2) is 34.1 Å². The topological polar surface area (TPSA) is 92.6 Å². The van der Waals surface area contributed by atoms with Crippen molar-refractivity contribution in [3.8, 4) is 5.75 Å². The maximum atomic E-state index is 14.5. The average molecular weight is 663 g/mol. The molecule has 1 aliphatic rings. The van der Waals surface area contributed by atoms with E-state index in [4.69, 9.17) is 4.74 Å². The van der Waals surface area contributed by atoms with Gasteiger partial charge in [-0.25, -0.2) is 4.39 Å². The van der Waals surface area contributed by atoms with Gasteiger partial charge < -0.3 is 9.84 Å². The van der Waals surface area contributed by atoms with E-state index in [0.29, 0.717) is 20.1 Å². The fourth-order valence-electron chi connectivity index (χ4n) is 4.91. The molecule has 7 nitrogen and oxygen atoms in total. The minimum atomic E-state index is -1.02. The molecule has 1 atom stereocenters. The summed E-state index contributed by atoms with van der Waals surface area (Å²) in [6, 6.07) is 24.1. The third-order valence-corrected chi connectivity index (χ3v) is 9.46. The molecule has 0 unspecified atom stereocenters. The first-order valence-electron chi connectivity index (χ1n) is 12.7. The predicted molar refractivity (Wildman–Crippen MR) is 165 cm³/mol. The van der Waals surface area contributed by atoms with Gasteiger partial charge in [-0.15, -0.1) is 10.2 Å². The molecule has 6 rings (SSSR count). The number of hydrogen-bond acceptors (Lipinski definition) is 8. The van der Waals surface area contributed by atoms with Gasteiger partial charge in [0.25, 0.3) is 5.78 Å². The molecule has 1 saturated heterocycles. The van der Waals surface area contributed by atoms with Crippen molar-refractivity contribution < 1.29 is 23.8 Å². The standard InChI is InChI=1S/C31H21BrFN3O4S2/c1-40-24-13-12-19(15-23(24)33)27(37)25-26(18-8-5-10-21(32)14-18)36(29(39)28(25)38)30-34-35-31(42-30)41-16-20-9-4-7-17-6-2-3-11-22(17)20/h2-15,26,37H,16H2,1H3/t26-/m1/s1. The number of aromatic nitrogens is 2. The summed E-state index contributed by atoms with van der Waals surface area (Å²) in [5, 5.41) is 22.3. The van der Waals surface area contributed by atoms with E-state index in [1.807, 2.05) is 24.3 Å². The van der Waals surface area contributed by atoms with Crippen LogP contribution in [0.3, 0.4) is 0 Å². The largest absolute Gasteiger partial charge is 0.507 e. The van der Waals surface area contributed by atoms with Crippen molar-refractivity contribution in [2.45, 2.75) is 16.1 Å². The van der Waals surface area contributed by atoms with Crippen molar-refractivity contribution in [3.63, 3.8) is 0 Å². The smallest absolute Gasteiger partial charge is 0.301 e. The molecule has 42 heavy (non-hydrogen) atoms. The van der Waals surface area contributed by atoms with Crippen molar-refractivity contribution in [1.82, 2.24) is 10.2 Å². The van der Waals surface area contributed by atoms with E-state index in [1.165, 1.54) is 47.2 Å². The first-order valence-corrected chi connectivity index (χ1v) is 15.3. The highest BCUT2D eigenvalue weighted by Crippen LogP contribution is 2.44. The minimum absolute atomic E-state index is 0.0158. The number of nitrogens with zero attached hydrogens (tertiary/aromatic N) is 3. The van der Waals surface area contributed by atoms with Crippen LogP contribution in [0.25, 0.3) is 16.5 Å². The number of aliphatic hydroxyl groups excluding tert-OH is 1. The lowest BCUT2D eigenvalue weighted by molar-refractivity contribution is -0.132. The molecular weight excluding hydrogens is 641 g/mol. The number of aliphatic hydroxyl groups is 1. The zero-order valence-corrected chi connectivity index (χ0v) is 25.2. The van der Waals surface area contributed by atoms with Crippen molar-refractivity contribution in [1.29, 1.82) is 0 Å². The summed E-state index contributed by atoms with van der Waals surface area (Å²) in [5.74, 6) is -2.37. The Morgan fingerprint density at radius 1 is 1.05 bits per heavy atom. The van der Waals surface area contributed by atoms with Gasteiger partial charge in [0.15, 0.2) is 15.9 Å². The van der Waals surface area contributed by atoms with Crippen LogP contribution in [0.4, 0.5) is 9.52 Å². The molecular formula is C31H21BrFN3O4S2. The van der Waals surface area contributed by atoms with Crippen LogP contribution in [-0.2, 0) is 15.3 Å². The van der Waals surface area contributed by atoms with Gasteiger partial charge in [0, 0.05) is 15.8 Å².